The van der Waals surface area contributed by atoms with Crippen molar-refractivity contribution in [2.45, 2.75) is 19.9 Å². The molecule has 0 atom stereocenters. The molecule has 2 N–H and O–H groups in total. The molecule has 2 aromatic heterocycles. The number of pyridine rings is 1. The van der Waals surface area contributed by atoms with E-state index < -0.39 is 5.82 Å². The standard InChI is InChI=1S/C15H15FN4/c1-2-9-20-14(10-5-3-6-11(16)13(10)17)19-12-7-4-8-18-15(12)20/h3-8H,2,9,17H2,1H3. The molecule has 20 heavy (non-hydrogen) atoms. The van der Waals surface area contributed by atoms with Gasteiger partial charge in [0.25, 0.3) is 0 Å². The molecule has 1 aromatic carbocycles. The Morgan fingerprint density at radius 3 is 2.90 bits per heavy atom. The monoisotopic (exact) mass is 270 g/mol. The number of para-hydroxylation sites is 1. The second kappa shape index (κ2) is 4.92. The van der Waals surface area contributed by atoms with Crippen LogP contribution in [0.5, 0.6) is 0 Å². The van der Waals surface area contributed by atoms with E-state index in [-0.39, 0.29) is 5.69 Å². The van der Waals surface area contributed by atoms with Crippen LogP contribution < -0.4 is 5.73 Å². The lowest BCUT2D eigenvalue weighted by atomic mass is 10.1. The molecule has 2 heterocycles. The highest BCUT2D eigenvalue weighted by atomic mass is 19.1. The summed E-state index contributed by atoms with van der Waals surface area (Å²) >= 11 is 0. The average molecular weight is 270 g/mol. The molecular weight excluding hydrogens is 255 g/mol. The fourth-order valence-corrected chi connectivity index (χ4v) is 2.33. The number of aromatic nitrogens is 3. The summed E-state index contributed by atoms with van der Waals surface area (Å²) in [6.07, 6.45) is 2.67. The van der Waals surface area contributed by atoms with Gasteiger partial charge < -0.3 is 10.3 Å². The number of nitrogens with two attached hydrogens (primary N) is 1. The van der Waals surface area contributed by atoms with E-state index in [1.807, 2.05) is 16.7 Å². The fraction of sp³-hybridized carbons (Fsp3) is 0.200. The maximum Gasteiger partial charge on any atom is 0.160 e. The van der Waals surface area contributed by atoms with Crippen LogP contribution in [0, 0.1) is 5.82 Å². The molecule has 0 spiro atoms. The zero-order chi connectivity index (χ0) is 14.1. The highest BCUT2D eigenvalue weighted by Gasteiger charge is 2.16. The number of rotatable bonds is 3. The van der Waals surface area contributed by atoms with Gasteiger partial charge in [-0.15, -0.1) is 0 Å². The van der Waals surface area contributed by atoms with Gasteiger partial charge in [-0.25, -0.2) is 14.4 Å². The lowest BCUT2D eigenvalue weighted by Crippen LogP contribution is -2.03. The molecule has 0 fully saturated rings. The quantitative estimate of drug-likeness (QED) is 0.743. The topological polar surface area (TPSA) is 56.7 Å². The van der Waals surface area contributed by atoms with Crippen molar-refractivity contribution in [3.63, 3.8) is 0 Å². The van der Waals surface area contributed by atoms with E-state index in [9.17, 15) is 4.39 Å². The van der Waals surface area contributed by atoms with Crippen molar-refractivity contribution in [2.24, 2.45) is 0 Å². The first-order valence-electron chi connectivity index (χ1n) is 6.58. The Bertz CT molecular complexity index is 764. The van der Waals surface area contributed by atoms with Gasteiger partial charge in [-0.05, 0) is 30.7 Å². The van der Waals surface area contributed by atoms with Crippen LogP contribution in [0.1, 0.15) is 13.3 Å². The van der Waals surface area contributed by atoms with Crippen molar-refractivity contribution in [1.29, 1.82) is 0 Å². The van der Waals surface area contributed by atoms with E-state index in [1.165, 1.54) is 6.07 Å². The van der Waals surface area contributed by atoms with Crippen LogP contribution in [0.15, 0.2) is 36.5 Å². The van der Waals surface area contributed by atoms with E-state index in [0.29, 0.717) is 11.4 Å². The van der Waals surface area contributed by atoms with Gasteiger partial charge in [0, 0.05) is 18.3 Å². The van der Waals surface area contributed by atoms with E-state index in [4.69, 9.17) is 5.73 Å². The lowest BCUT2D eigenvalue weighted by Gasteiger charge is -2.09. The first kappa shape index (κ1) is 12.6. The number of halogens is 1. The Balaban J connectivity index is 2.29. The highest BCUT2D eigenvalue weighted by Crippen LogP contribution is 2.29. The zero-order valence-electron chi connectivity index (χ0n) is 11.2. The van der Waals surface area contributed by atoms with E-state index in [0.717, 1.165) is 24.1 Å². The minimum Gasteiger partial charge on any atom is -0.396 e. The van der Waals surface area contributed by atoms with Crippen molar-refractivity contribution in [3.8, 4) is 11.4 Å². The van der Waals surface area contributed by atoms with Crippen LogP contribution in [0.3, 0.4) is 0 Å². The Kier molecular flexibility index (Phi) is 3.10. The van der Waals surface area contributed by atoms with Gasteiger partial charge in [0.2, 0.25) is 0 Å². The second-order valence-corrected chi connectivity index (χ2v) is 4.63. The predicted octanol–water partition coefficient (Wildman–Crippen LogP) is 3.23. The number of nitrogens with zero attached hydrogens (tertiary/aromatic N) is 3. The maximum absolute atomic E-state index is 13.7. The molecule has 0 aliphatic carbocycles. The van der Waals surface area contributed by atoms with Crippen LogP contribution in [-0.4, -0.2) is 14.5 Å². The molecule has 102 valence electrons. The number of hydrogen-bond donors (Lipinski definition) is 1. The third-order valence-electron chi connectivity index (χ3n) is 3.24. The average Bonchev–Trinajstić information content (AvgIpc) is 2.81. The van der Waals surface area contributed by atoms with Gasteiger partial charge in [-0.2, -0.15) is 0 Å². The van der Waals surface area contributed by atoms with E-state index >= 15 is 0 Å². The van der Waals surface area contributed by atoms with Crippen molar-refractivity contribution in [1.82, 2.24) is 14.5 Å². The summed E-state index contributed by atoms with van der Waals surface area (Å²) in [5, 5.41) is 0. The SMILES string of the molecule is CCCn1c(-c2cccc(F)c2N)nc2cccnc21. The van der Waals surface area contributed by atoms with Crippen LogP contribution in [0.4, 0.5) is 10.1 Å². The predicted molar refractivity (Wildman–Crippen MR) is 77.6 cm³/mol. The van der Waals surface area contributed by atoms with E-state index in [2.05, 4.69) is 16.9 Å². The number of hydrogen-bond acceptors (Lipinski definition) is 3. The molecule has 0 saturated carbocycles. The zero-order valence-corrected chi connectivity index (χ0v) is 11.2. The molecule has 0 unspecified atom stereocenters. The summed E-state index contributed by atoms with van der Waals surface area (Å²) in [4.78, 5) is 8.92. The minimum atomic E-state index is -0.425. The molecule has 0 saturated heterocycles. The Hall–Kier alpha value is -2.43. The summed E-state index contributed by atoms with van der Waals surface area (Å²) < 4.78 is 15.6. The van der Waals surface area contributed by atoms with Gasteiger partial charge in [-0.3, -0.25) is 0 Å². The molecule has 0 bridgehead atoms. The van der Waals surface area contributed by atoms with Crippen molar-refractivity contribution >= 4 is 16.9 Å². The number of nitrogen functional groups attached to an aromatic ring is 1. The van der Waals surface area contributed by atoms with Crippen molar-refractivity contribution < 1.29 is 4.39 Å². The first-order chi connectivity index (χ1) is 9.72. The molecule has 4 nitrogen and oxygen atoms in total. The van der Waals surface area contributed by atoms with Crippen molar-refractivity contribution in [2.75, 3.05) is 5.73 Å². The molecular formula is C15H15FN4. The molecule has 3 aromatic rings. The summed E-state index contributed by atoms with van der Waals surface area (Å²) in [7, 11) is 0. The number of fused-ring (bicyclic) bond motifs is 1. The highest BCUT2D eigenvalue weighted by molar-refractivity contribution is 5.81. The van der Waals surface area contributed by atoms with E-state index in [1.54, 1.807) is 18.3 Å². The first-order valence-corrected chi connectivity index (χ1v) is 6.58. The Morgan fingerprint density at radius 2 is 2.10 bits per heavy atom. The smallest absolute Gasteiger partial charge is 0.160 e. The lowest BCUT2D eigenvalue weighted by molar-refractivity contribution is 0.632. The fourth-order valence-electron chi connectivity index (χ4n) is 2.33. The Labute approximate surface area is 116 Å². The van der Waals surface area contributed by atoms with Crippen LogP contribution in [0.2, 0.25) is 0 Å². The number of imidazole rings is 1. The maximum atomic E-state index is 13.7. The molecule has 5 heteroatoms. The third kappa shape index (κ3) is 1.91. The summed E-state index contributed by atoms with van der Waals surface area (Å²) in [5.74, 6) is 0.239. The molecule has 0 aliphatic heterocycles. The van der Waals surface area contributed by atoms with Gasteiger partial charge in [-0.1, -0.05) is 13.0 Å². The third-order valence-corrected chi connectivity index (χ3v) is 3.24. The van der Waals surface area contributed by atoms with Gasteiger partial charge >= 0.3 is 0 Å². The molecule has 3 rings (SSSR count). The minimum absolute atomic E-state index is 0.125. The normalized spacial score (nSPS) is 11.1. The summed E-state index contributed by atoms with van der Waals surface area (Å²) in [6, 6.07) is 8.51. The Morgan fingerprint density at radius 1 is 1.25 bits per heavy atom. The number of aryl methyl sites for hydroxylation is 1. The van der Waals surface area contributed by atoms with Crippen LogP contribution in [0.25, 0.3) is 22.6 Å². The molecule has 0 amide bonds. The van der Waals surface area contributed by atoms with Gasteiger partial charge in [0.1, 0.15) is 17.2 Å². The second-order valence-electron chi connectivity index (χ2n) is 4.63. The van der Waals surface area contributed by atoms with Crippen LogP contribution >= 0.6 is 0 Å². The number of anilines is 1. The van der Waals surface area contributed by atoms with Gasteiger partial charge in [0.05, 0.1) is 5.69 Å². The summed E-state index contributed by atoms with van der Waals surface area (Å²) in [5.41, 5.74) is 8.18. The number of benzene rings is 1. The largest absolute Gasteiger partial charge is 0.396 e. The summed E-state index contributed by atoms with van der Waals surface area (Å²) in [6.45, 7) is 2.84. The van der Waals surface area contributed by atoms with Crippen LogP contribution in [-0.2, 0) is 6.54 Å². The van der Waals surface area contributed by atoms with Gasteiger partial charge in [0.15, 0.2) is 5.65 Å². The van der Waals surface area contributed by atoms with Crippen molar-refractivity contribution in [3.05, 3.63) is 42.3 Å². The molecule has 0 aliphatic rings. The molecule has 0 radical (unpaired) electrons.